The largest absolute Gasteiger partial charge is 0.336 e. The van der Waals surface area contributed by atoms with Crippen molar-refractivity contribution >= 4 is 23.3 Å². The molecule has 1 aliphatic carbocycles. The zero-order valence-corrected chi connectivity index (χ0v) is 13.6. The quantitative estimate of drug-likeness (QED) is 0.925. The maximum absolute atomic E-state index is 12.7. The van der Waals surface area contributed by atoms with Crippen LogP contribution < -0.4 is 5.32 Å². The molecule has 3 rings (SSSR count). The number of carbonyl (C=O) groups is 2. The first-order chi connectivity index (χ1) is 11.6. The molecule has 1 aliphatic rings. The lowest BCUT2D eigenvalue weighted by molar-refractivity contribution is -0.123. The SMILES string of the molecule is N#C[C@@H](NC(=O)[C@@H]1CCC(=O)c2ccccc21)c1ccccc1Cl. The second-order valence-electron chi connectivity index (χ2n) is 5.69. The maximum atomic E-state index is 12.7. The molecule has 2 aromatic carbocycles. The van der Waals surface area contributed by atoms with Crippen molar-refractivity contribution in [3.05, 3.63) is 70.2 Å². The number of hydrogen-bond acceptors (Lipinski definition) is 3. The summed E-state index contributed by atoms with van der Waals surface area (Å²) >= 11 is 6.12. The number of nitriles is 1. The zero-order chi connectivity index (χ0) is 17.1. The third-order valence-corrected chi connectivity index (χ3v) is 4.59. The number of carbonyl (C=O) groups excluding carboxylic acids is 2. The highest BCUT2D eigenvalue weighted by molar-refractivity contribution is 6.31. The Kier molecular flexibility index (Phi) is 4.64. The molecule has 0 bridgehead atoms. The van der Waals surface area contributed by atoms with E-state index in [9.17, 15) is 14.9 Å². The van der Waals surface area contributed by atoms with E-state index in [0.717, 1.165) is 5.56 Å². The van der Waals surface area contributed by atoms with E-state index in [0.29, 0.717) is 29.0 Å². The summed E-state index contributed by atoms with van der Waals surface area (Å²) in [5, 5.41) is 12.6. The van der Waals surface area contributed by atoms with Crippen molar-refractivity contribution in [2.75, 3.05) is 0 Å². The molecular weight excluding hydrogens is 324 g/mol. The summed E-state index contributed by atoms with van der Waals surface area (Å²) in [6, 6.07) is 15.3. The highest BCUT2D eigenvalue weighted by atomic mass is 35.5. The fourth-order valence-electron chi connectivity index (χ4n) is 3.02. The van der Waals surface area contributed by atoms with Crippen LogP contribution in [0.5, 0.6) is 0 Å². The molecule has 5 heteroatoms. The van der Waals surface area contributed by atoms with Crippen LogP contribution in [-0.4, -0.2) is 11.7 Å². The molecule has 0 spiro atoms. The minimum absolute atomic E-state index is 0.0533. The van der Waals surface area contributed by atoms with Gasteiger partial charge in [0.15, 0.2) is 5.78 Å². The maximum Gasteiger partial charge on any atom is 0.228 e. The summed E-state index contributed by atoms with van der Waals surface area (Å²) < 4.78 is 0. The fourth-order valence-corrected chi connectivity index (χ4v) is 3.27. The number of nitrogens with zero attached hydrogens (tertiary/aromatic N) is 1. The van der Waals surface area contributed by atoms with Crippen LogP contribution in [0.2, 0.25) is 5.02 Å². The molecular formula is C19H15ClN2O2. The molecule has 4 nitrogen and oxygen atoms in total. The predicted molar refractivity (Wildman–Crippen MR) is 90.7 cm³/mol. The monoisotopic (exact) mass is 338 g/mol. The van der Waals surface area contributed by atoms with Crippen molar-refractivity contribution < 1.29 is 9.59 Å². The molecule has 1 amide bonds. The van der Waals surface area contributed by atoms with Gasteiger partial charge in [0.2, 0.25) is 5.91 Å². The average molecular weight is 339 g/mol. The number of ketones is 1. The second-order valence-corrected chi connectivity index (χ2v) is 6.10. The van der Waals surface area contributed by atoms with E-state index in [4.69, 9.17) is 11.6 Å². The number of hydrogen-bond donors (Lipinski definition) is 1. The van der Waals surface area contributed by atoms with Crippen LogP contribution in [0.3, 0.4) is 0 Å². The summed E-state index contributed by atoms with van der Waals surface area (Å²) in [6.07, 6.45) is 0.779. The third kappa shape index (κ3) is 3.04. The van der Waals surface area contributed by atoms with E-state index in [1.165, 1.54) is 0 Å². The molecule has 0 saturated heterocycles. The van der Waals surface area contributed by atoms with Gasteiger partial charge in [0.05, 0.1) is 12.0 Å². The molecule has 2 aromatic rings. The number of benzene rings is 2. The van der Waals surface area contributed by atoms with Crippen molar-refractivity contribution in [3.63, 3.8) is 0 Å². The lowest BCUT2D eigenvalue weighted by atomic mass is 9.81. The van der Waals surface area contributed by atoms with Gasteiger partial charge in [-0.05, 0) is 18.1 Å². The first kappa shape index (κ1) is 16.2. The van der Waals surface area contributed by atoms with Crippen LogP contribution in [0.1, 0.15) is 46.3 Å². The van der Waals surface area contributed by atoms with E-state index >= 15 is 0 Å². The minimum atomic E-state index is -0.823. The van der Waals surface area contributed by atoms with Gasteiger partial charge >= 0.3 is 0 Å². The van der Waals surface area contributed by atoms with Crippen molar-refractivity contribution in [1.82, 2.24) is 5.32 Å². The number of nitrogens with one attached hydrogen (secondary N) is 1. The molecule has 2 atom stereocenters. The van der Waals surface area contributed by atoms with Crippen molar-refractivity contribution in [3.8, 4) is 6.07 Å². The van der Waals surface area contributed by atoms with Crippen molar-refractivity contribution in [1.29, 1.82) is 5.26 Å². The first-order valence-corrected chi connectivity index (χ1v) is 8.06. The van der Waals surface area contributed by atoms with Gasteiger partial charge in [0.1, 0.15) is 6.04 Å². The van der Waals surface area contributed by atoms with Crippen LogP contribution in [-0.2, 0) is 4.79 Å². The van der Waals surface area contributed by atoms with Gasteiger partial charge in [-0.25, -0.2) is 0 Å². The standard InChI is InChI=1S/C19H15ClN2O2/c20-16-8-4-3-7-15(16)17(11-21)22-19(24)14-9-10-18(23)13-6-2-1-5-12(13)14/h1-8,14,17H,9-10H2,(H,22,24)/t14-,17-/m1/s1. The Bertz CT molecular complexity index is 841. The molecule has 120 valence electrons. The lowest BCUT2D eigenvalue weighted by Gasteiger charge is -2.25. The first-order valence-electron chi connectivity index (χ1n) is 7.68. The van der Waals surface area contributed by atoms with Crippen LogP contribution in [0.25, 0.3) is 0 Å². The van der Waals surface area contributed by atoms with Gasteiger partial charge in [-0.3, -0.25) is 9.59 Å². The number of halogens is 1. The summed E-state index contributed by atoms with van der Waals surface area (Å²) in [6.45, 7) is 0. The summed E-state index contributed by atoms with van der Waals surface area (Å²) in [5.41, 5.74) is 1.88. The third-order valence-electron chi connectivity index (χ3n) is 4.25. The van der Waals surface area contributed by atoms with Gasteiger partial charge < -0.3 is 5.32 Å². The highest BCUT2D eigenvalue weighted by Crippen LogP contribution is 2.32. The van der Waals surface area contributed by atoms with Crippen LogP contribution in [0, 0.1) is 11.3 Å². The van der Waals surface area contributed by atoms with Gasteiger partial charge in [0.25, 0.3) is 0 Å². The molecule has 0 saturated carbocycles. The minimum Gasteiger partial charge on any atom is -0.336 e. The van der Waals surface area contributed by atoms with Gasteiger partial charge in [-0.1, -0.05) is 54.1 Å². The Labute approximate surface area is 145 Å². The van der Waals surface area contributed by atoms with E-state index in [1.807, 2.05) is 6.07 Å². The normalized spacial score (nSPS) is 17.5. The van der Waals surface area contributed by atoms with E-state index in [2.05, 4.69) is 11.4 Å². The smallest absolute Gasteiger partial charge is 0.228 e. The van der Waals surface area contributed by atoms with Gasteiger partial charge in [-0.15, -0.1) is 0 Å². The molecule has 0 aromatic heterocycles. The van der Waals surface area contributed by atoms with Crippen LogP contribution >= 0.6 is 11.6 Å². The fraction of sp³-hybridized carbons (Fsp3) is 0.211. The summed E-state index contributed by atoms with van der Waals surface area (Å²) in [4.78, 5) is 24.7. The number of rotatable bonds is 3. The molecule has 0 fully saturated rings. The van der Waals surface area contributed by atoms with Gasteiger partial charge in [0, 0.05) is 22.6 Å². The summed E-state index contributed by atoms with van der Waals surface area (Å²) in [7, 11) is 0. The summed E-state index contributed by atoms with van der Waals surface area (Å²) in [5.74, 6) is -0.642. The van der Waals surface area contributed by atoms with Crippen molar-refractivity contribution in [2.24, 2.45) is 0 Å². The second kappa shape index (κ2) is 6.86. The topological polar surface area (TPSA) is 70.0 Å². The number of amides is 1. The van der Waals surface area contributed by atoms with E-state index in [1.54, 1.807) is 42.5 Å². The Morgan fingerprint density at radius 2 is 1.92 bits per heavy atom. The Morgan fingerprint density at radius 3 is 2.67 bits per heavy atom. The average Bonchev–Trinajstić information content (AvgIpc) is 2.61. The predicted octanol–water partition coefficient (Wildman–Crippen LogP) is 3.78. The van der Waals surface area contributed by atoms with Crippen molar-refractivity contribution in [2.45, 2.75) is 24.8 Å². The van der Waals surface area contributed by atoms with E-state index < -0.39 is 12.0 Å². The molecule has 1 N–H and O–H groups in total. The van der Waals surface area contributed by atoms with E-state index in [-0.39, 0.29) is 11.7 Å². The van der Waals surface area contributed by atoms with Crippen LogP contribution in [0.15, 0.2) is 48.5 Å². The lowest BCUT2D eigenvalue weighted by Crippen LogP contribution is -2.34. The molecule has 0 heterocycles. The molecule has 24 heavy (non-hydrogen) atoms. The number of Topliss-reactive ketones (excluding diaryl/α,β-unsaturated/α-hetero) is 1. The van der Waals surface area contributed by atoms with Crippen LogP contribution in [0.4, 0.5) is 0 Å². The molecule has 0 radical (unpaired) electrons. The molecule has 0 unspecified atom stereocenters. The Morgan fingerprint density at radius 1 is 1.21 bits per heavy atom. The Hall–Kier alpha value is -2.64. The zero-order valence-electron chi connectivity index (χ0n) is 12.8. The highest BCUT2D eigenvalue weighted by Gasteiger charge is 2.31. The Balaban J connectivity index is 1.85. The molecule has 0 aliphatic heterocycles. The number of fused-ring (bicyclic) bond motifs is 1. The van der Waals surface area contributed by atoms with Gasteiger partial charge in [-0.2, -0.15) is 5.26 Å².